The Morgan fingerprint density at radius 2 is 1.81 bits per heavy atom. The molecule has 1 aliphatic carbocycles. The zero-order valence-electron chi connectivity index (χ0n) is 15.8. The number of sulfonamides is 1. The van der Waals surface area contributed by atoms with Crippen LogP contribution in [0.3, 0.4) is 0 Å². The third-order valence-corrected chi connectivity index (χ3v) is 7.12. The van der Waals surface area contributed by atoms with E-state index < -0.39 is 10.0 Å². The molecule has 1 amide bonds. The number of carbonyl (C=O) groups is 1. The molecule has 0 aromatic heterocycles. The van der Waals surface area contributed by atoms with E-state index in [1.165, 1.54) is 32.1 Å². The Labute approximate surface area is 157 Å². The van der Waals surface area contributed by atoms with E-state index in [2.05, 4.69) is 4.72 Å². The summed E-state index contributed by atoms with van der Waals surface area (Å²) in [5.74, 6) is 0.432. The van der Waals surface area contributed by atoms with Crippen LogP contribution in [0.2, 0.25) is 0 Å². The van der Waals surface area contributed by atoms with Gasteiger partial charge in [-0.25, -0.2) is 13.1 Å². The third kappa shape index (κ3) is 4.29. The van der Waals surface area contributed by atoms with Crippen LogP contribution in [0.5, 0.6) is 0 Å². The maximum absolute atomic E-state index is 12.7. The SMILES string of the molecule is CC(=O)N1c2ccc(S(=O)(=O)NCC3CCCCCCC3)cc2CC1C. The van der Waals surface area contributed by atoms with Crippen LogP contribution in [-0.2, 0) is 21.2 Å². The molecular formula is C20H30N2O3S. The van der Waals surface area contributed by atoms with Gasteiger partial charge in [-0.15, -0.1) is 0 Å². The summed E-state index contributed by atoms with van der Waals surface area (Å²) in [6, 6.07) is 5.19. The highest BCUT2D eigenvalue weighted by molar-refractivity contribution is 7.89. The Kier molecular flexibility index (Phi) is 6.03. The Hall–Kier alpha value is -1.40. The number of nitrogens with one attached hydrogen (secondary N) is 1. The minimum atomic E-state index is -3.51. The number of benzene rings is 1. The summed E-state index contributed by atoms with van der Waals surface area (Å²) in [5, 5.41) is 0. The highest BCUT2D eigenvalue weighted by Crippen LogP contribution is 2.34. The van der Waals surface area contributed by atoms with Crippen LogP contribution in [0.25, 0.3) is 0 Å². The van der Waals surface area contributed by atoms with Crippen molar-refractivity contribution < 1.29 is 13.2 Å². The molecule has 6 heteroatoms. The lowest BCUT2D eigenvalue weighted by molar-refractivity contribution is -0.116. The van der Waals surface area contributed by atoms with E-state index in [1.54, 1.807) is 30.0 Å². The second-order valence-corrected chi connectivity index (χ2v) is 9.56. The maximum Gasteiger partial charge on any atom is 0.240 e. The van der Waals surface area contributed by atoms with E-state index in [4.69, 9.17) is 0 Å². The first-order valence-electron chi connectivity index (χ1n) is 9.81. The van der Waals surface area contributed by atoms with Gasteiger partial charge in [0.25, 0.3) is 0 Å². The molecule has 1 aromatic rings. The molecule has 1 unspecified atom stereocenters. The minimum Gasteiger partial charge on any atom is -0.309 e. The molecule has 144 valence electrons. The van der Waals surface area contributed by atoms with Crippen molar-refractivity contribution in [1.29, 1.82) is 0 Å². The topological polar surface area (TPSA) is 66.5 Å². The number of carbonyl (C=O) groups excluding carboxylic acids is 1. The lowest BCUT2D eigenvalue weighted by Gasteiger charge is -2.21. The van der Waals surface area contributed by atoms with Gasteiger partial charge >= 0.3 is 0 Å². The summed E-state index contributed by atoms with van der Waals surface area (Å²) >= 11 is 0. The standard InChI is InChI=1S/C20H30N2O3S/c1-15-12-18-13-19(10-11-20(18)22(15)16(2)23)26(24,25)21-14-17-8-6-4-3-5-7-9-17/h10-11,13,15,17,21H,3-9,12,14H2,1-2H3. The molecule has 1 atom stereocenters. The van der Waals surface area contributed by atoms with Crippen LogP contribution in [-0.4, -0.2) is 26.9 Å². The lowest BCUT2D eigenvalue weighted by Crippen LogP contribution is -2.33. The first-order valence-corrected chi connectivity index (χ1v) is 11.3. The van der Waals surface area contributed by atoms with Crippen LogP contribution < -0.4 is 9.62 Å². The quantitative estimate of drug-likeness (QED) is 0.870. The van der Waals surface area contributed by atoms with Gasteiger partial charge in [0.2, 0.25) is 15.9 Å². The molecule has 5 nitrogen and oxygen atoms in total. The van der Waals surface area contributed by atoms with Crippen molar-refractivity contribution in [2.45, 2.75) is 76.2 Å². The summed E-state index contributed by atoms with van der Waals surface area (Å²) in [6.45, 7) is 4.06. The van der Waals surface area contributed by atoms with Crippen LogP contribution in [0.1, 0.15) is 64.4 Å². The fourth-order valence-corrected chi connectivity index (χ4v) is 5.48. The molecule has 0 saturated heterocycles. The number of fused-ring (bicyclic) bond motifs is 1. The van der Waals surface area contributed by atoms with Crippen molar-refractivity contribution in [3.8, 4) is 0 Å². The fourth-order valence-electron chi connectivity index (χ4n) is 4.31. The zero-order valence-corrected chi connectivity index (χ0v) is 16.6. The third-order valence-electron chi connectivity index (χ3n) is 5.70. The number of anilines is 1. The van der Waals surface area contributed by atoms with E-state index in [0.717, 1.165) is 24.1 Å². The normalized spacial score (nSPS) is 21.9. The summed E-state index contributed by atoms with van der Waals surface area (Å²) in [4.78, 5) is 13.9. The zero-order chi connectivity index (χ0) is 18.7. The molecule has 1 heterocycles. The largest absolute Gasteiger partial charge is 0.309 e. The number of nitrogens with zero attached hydrogens (tertiary/aromatic N) is 1. The van der Waals surface area contributed by atoms with Crippen molar-refractivity contribution in [2.24, 2.45) is 5.92 Å². The summed E-state index contributed by atoms with van der Waals surface area (Å²) in [6.07, 6.45) is 9.14. The molecule has 2 aliphatic rings. The van der Waals surface area contributed by atoms with Crippen molar-refractivity contribution in [1.82, 2.24) is 4.72 Å². The molecule has 1 fully saturated rings. The first-order chi connectivity index (χ1) is 12.4. The fraction of sp³-hybridized carbons (Fsp3) is 0.650. The van der Waals surface area contributed by atoms with Crippen molar-refractivity contribution >= 4 is 21.6 Å². The molecule has 3 rings (SSSR count). The van der Waals surface area contributed by atoms with Crippen molar-refractivity contribution in [2.75, 3.05) is 11.4 Å². The van der Waals surface area contributed by atoms with Crippen molar-refractivity contribution in [3.05, 3.63) is 23.8 Å². The van der Waals surface area contributed by atoms with Gasteiger partial charge in [0.1, 0.15) is 0 Å². The second-order valence-electron chi connectivity index (χ2n) is 7.80. The molecule has 1 aliphatic heterocycles. The predicted octanol–water partition coefficient (Wildman–Crippen LogP) is 3.62. The average Bonchev–Trinajstić information content (AvgIpc) is 2.88. The molecule has 1 aromatic carbocycles. The molecule has 0 radical (unpaired) electrons. The number of hydrogen-bond donors (Lipinski definition) is 1. The molecule has 0 bridgehead atoms. The van der Waals surface area contributed by atoms with Gasteiger partial charge in [-0.05, 0) is 55.9 Å². The highest BCUT2D eigenvalue weighted by Gasteiger charge is 2.30. The monoisotopic (exact) mass is 378 g/mol. The Morgan fingerprint density at radius 3 is 2.46 bits per heavy atom. The van der Waals surface area contributed by atoms with E-state index in [-0.39, 0.29) is 11.9 Å². The summed E-state index contributed by atoms with van der Waals surface area (Å²) in [7, 11) is -3.51. The van der Waals surface area contributed by atoms with Gasteiger partial charge in [-0.3, -0.25) is 4.79 Å². The number of amides is 1. The van der Waals surface area contributed by atoms with E-state index in [9.17, 15) is 13.2 Å². The Balaban J connectivity index is 1.70. The van der Waals surface area contributed by atoms with Crippen LogP contribution in [0.4, 0.5) is 5.69 Å². The number of rotatable bonds is 4. The van der Waals surface area contributed by atoms with Gasteiger partial charge in [0, 0.05) is 25.2 Å². The summed E-state index contributed by atoms with van der Waals surface area (Å²) in [5.41, 5.74) is 1.77. The average molecular weight is 379 g/mol. The van der Waals surface area contributed by atoms with Crippen LogP contribution in [0, 0.1) is 5.92 Å². The Bertz CT molecular complexity index is 752. The summed E-state index contributed by atoms with van der Waals surface area (Å²) < 4.78 is 28.3. The van der Waals surface area contributed by atoms with Gasteiger partial charge in [-0.1, -0.05) is 32.1 Å². The van der Waals surface area contributed by atoms with E-state index in [0.29, 0.717) is 23.8 Å². The molecule has 1 N–H and O–H groups in total. The lowest BCUT2D eigenvalue weighted by atomic mass is 9.91. The van der Waals surface area contributed by atoms with Gasteiger partial charge in [0.15, 0.2) is 0 Å². The predicted molar refractivity (Wildman–Crippen MR) is 104 cm³/mol. The van der Waals surface area contributed by atoms with Crippen LogP contribution in [0.15, 0.2) is 23.1 Å². The molecular weight excluding hydrogens is 348 g/mol. The maximum atomic E-state index is 12.7. The van der Waals surface area contributed by atoms with Gasteiger partial charge in [-0.2, -0.15) is 0 Å². The second kappa shape index (κ2) is 8.09. The molecule has 1 saturated carbocycles. The van der Waals surface area contributed by atoms with E-state index >= 15 is 0 Å². The smallest absolute Gasteiger partial charge is 0.240 e. The van der Waals surface area contributed by atoms with Crippen LogP contribution >= 0.6 is 0 Å². The van der Waals surface area contributed by atoms with Crippen molar-refractivity contribution in [3.63, 3.8) is 0 Å². The van der Waals surface area contributed by atoms with E-state index in [1.807, 2.05) is 6.92 Å². The first kappa shape index (κ1) is 19.4. The molecule has 0 spiro atoms. The highest BCUT2D eigenvalue weighted by atomic mass is 32.2. The Morgan fingerprint density at radius 1 is 1.15 bits per heavy atom. The van der Waals surface area contributed by atoms with Gasteiger partial charge < -0.3 is 4.90 Å². The number of hydrogen-bond acceptors (Lipinski definition) is 3. The van der Waals surface area contributed by atoms with Gasteiger partial charge in [0.05, 0.1) is 4.90 Å². The minimum absolute atomic E-state index is 0.00531. The molecule has 26 heavy (non-hydrogen) atoms.